The minimum absolute atomic E-state index is 0.0112. The van der Waals surface area contributed by atoms with Crippen LogP contribution in [-0.4, -0.2) is 61.5 Å². The number of benzene rings is 2. The Bertz CT molecular complexity index is 1700. The number of nitrogens with zero attached hydrogens (tertiary/aromatic N) is 2. The van der Waals surface area contributed by atoms with E-state index in [1.807, 2.05) is 69.7 Å². The third kappa shape index (κ3) is 5.31. The number of aliphatic hydroxyl groups excluding tert-OH is 1. The summed E-state index contributed by atoms with van der Waals surface area (Å²) < 4.78 is 67.9. The molecule has 11 heteroatoms. The Balaban J connectivity index is 1.64. The van der Waals surface area contributed by atoms with Gasteiger partial charge in [-0.3, -0.25) is 9.11 Å². The van der Waals surface area contributed by atoms with Gasteiger partial charge in [-0.2, -0.15) is 21.4 Å². The summed E-state index contributed by atoms with van der Waals surface area (Å²) in [5, 5.41) is 9.45. The summed E-state index contributed by atoms with van der Waals surface area (Å²) in [5.41, 5.74) is 4.05. The van der Waals surface area contributed by atoms with Crippen LogP contribution in [0.1, 0.15) is 45.2 Å². The minimum atomic E-state index is -4.35. The summed E-state index contributed by atoms with van der Waals surface area (Å²) in [6.07, 6.45) is 10.1. The zero-order valence-electron chi connectivity index (χ0n) is 23.2. The van der Waals surface area contributed by atoms with Crippen LogP contribution in [0.2, 0.25) is 0 Å². The van der Waals surface area contributed by atoms with E-state index in [1.165, 1.54) is 24.3 Å². The quantitative estimate of drug-likeness (QED) is 0.236. The monoisotopic (exact) mass is 587 g/mol. The summed E-state index contributed by atoms with van der Waals surface area (Å²) in [6, 6.07) is 9.16. The van der Waals surface area contributed by atoms with E-state index in [2.05, 4.69) is 4.90 Å². The van der Waals surface area contributed by atoms with Crippen molar-refractivity contribution in [2.45, 2.75) is 54.7 Å². The van der Waals surface area contributed by atoms with E-state index >= 15 is 0 Å². The summed E-state index contributed by atoms with van der Waals surface area (Å²) in [7, 11) is -6.76. The molecule has 2 heterocycles. The maximum absolute atomic E-state index is 11.8. The molecule has 214 valence electrons. The first kappa shape index (κ1) is 29.9. The van der Waals surface area contributed by atoms with E-state index in [1.54, 1.807) is 12.1 Å². The van der Waals surface area contributed by atoms with Gasteiger partial charge in [0.1, 0.15) is 7.05 Å². The molecule has 0 unspecified atom stereocenters. The maximum Gasteiger partial charge on any atom is 0.294 e. The first-order valence-electron chi connectivity index (χ1n) is 12.8. The Morgan fingerprint density at radius 1 is 0.850 bits per heavy atom. The van der Waals surface area contributed by atoms with Crippen LogP contribution in [0.4, 0.5) is 11.4 Å². The van der Waals surface area contributed by atoms with E-state index in [0.29, 0.717) is 13.0 Å². The molecule has 0 aliphatic carbocycles. The van der Waals surface area contributed by atoms with Gasteiger partial charge in [0.25, 0.3) is 20.2 Å². The number of anilines is 1. The SMILES string of the molecule is C[N+]1=C(/C=C/C=C/C=C2\N(CCCO)c3ccc(S(=O)(=O)O)cc3C2(C)C)C(C)(C)c2cc(S(=O)(=O)O)ccc21. The number of allylic oxidation sites excluding steroid dienone is 6. The smallest absolute Gasteiger partial charge is 0.294 e. The number of rotatable bonds is 8. The third-order valence-electron chi connectivity index (χ3n) is 7.73. The highest BCUT2D eigenvalue weighted by Gasteiger charge is 2.43. The van der Waals surface area contributed by atoms with E-state index < -0.39 is 31.1 Å². The fraction of sp³-hybridized carbons (Fsp3) is 0.345. The molecule has 0 radical (unpaired) electrons. The molecule has 0 fully saturated rings. The molecular weight excluding hydrogens is 552 g/mol. The molecule has 2 aromatic carbocycles. The molecule has 0 spiro atoms. The Kier molecular flexibility index (Phi) is 7.76. The van der Waals surface area contributed by atoms with Crippen LogP contribution in [0, 0.1) is 0 Å². The second-order valence-electron chi connectivity index (χ2n) is 11.0. The van der Waals surface area contributed by atoms with Gasteiger partial charge in [0.05, 0.1) is 15.2 Å². The van der Waals surface area contributed by atoms with Crippen LogP contribution < -0.4 is 4.90 Å². The normalized spacial score (nSPS) is 19.3. The molecule has 0 amide bonds. The van der Waals surface area contributed by atoms with Crippen molar-refractivity contribution in [3.63, 3.8) is 0 Å². The standard InChI is InChI=1S/C29H34N2O7S2/c1-28(2)22-18-20(39(33,34)35)12-14-24(22)30(5)26(28)10-7-6-8-11-27-29(3,4)23-19-21(40(36,37)38)13-15-25(23)31(27)16-9-17-32/h6-8,10-15,18-19,32H,9,16-17H2,1-5H3,(H-,33,34,35,36,37,38)/p+1. The molecule has 2 aliphatic heterocycles. The Morgan fingerprint density at radius 3 is 2.05 bits per heavy atom. The lowest BCUT2D eigenvalue weighted by atomic mass is 9.81. The molecule has 0 aromatic heterocycles. The predicted molar refractivity (Wildman–Crippen MR) is 155 cm³/mol. The van der Waals surface area contributed by atoms with E-state index in [9.17, 15) is 31.0 Å². The first-order valence-corrected chi connectivity index (χ1v) is 15.7. The zero-order valence-corrected chi connectivity index (χ0v) is 24.8. The molecular formula is C29H35N2O7S2+. The summed E-state index contributed by atoms with van der Waals surface area (Å²) >= 11 is 0. The second kappa shape index (κ2) is 10.4. The van der Waals surface area contributed by atoms with Gasteiger partial charge in [-0.15, -0.1) is 0 Å². The van der Waals surface area contributed by atoms with Crippen LogP contribution in [0.5, 0.6) is 0 Å². The van der Waals surface area contributed by atoms with Gasteiger partial charge in [0.15, 0.2) is 5.71 Å². The van der Waals surface area contributed by atoms with Gasteiger partial charge < -0.3 is 10.0 Å². The average Bonchev–Trinajstić information content (AvgIpc) is 3.19. The molecule has 2 aromatic rings. The molecule has 0 bridgehead atoms. The van der Waals surface area contributed by atoms with Gasteiger partial charge in [0.2, 0.25) is 5.69 Å². The molecule has 0 saturated heterocycles. The van der Waals surface area contributed by atoms with E-state index in [4.69, 9.17) is 0 Å². The fourth-order valence-electron chi connectivity index (χ4n) is 5.62. The van der Waals surface area contributed by atoms with Crippen molar-refractivity contribution in [3.05, 3.63) is 83.6 Å². The van der Waals surface area contributed by atoms with Gasteiger partial charge in [0, 0.05) is 47.7 Å². The fourth-order valence-corrected chi connectivity index (χ4v) is 6.63. The number of aliphatic hydroxyl groups is 1. The highest BCUT2D eigenvalue weighted by molar-refractivity contribution is 7.86. The zero-order chi connectivity index (χ0) is 29.7. The third-order valence-corrected chi connectivity index (χ3v) is 9.43. The van der Waals surface area contributed by atoms with Crippen molar-refractivity contribution >= 4 is 37.3 Å². The highest BCUT2D eigenvalue weighted by atomic mass is 32.2. The van der Waals surface area contributed by atoms with Crippen molar-refractivity contribution in [2.24, 2.45) is 0 Å². The maximum atomic E-state index is 11.8. The molecule has 0 atom stereocenters. The summed E-state index contributed by atoms with van der Waals surface area (Å²) in [4.78, 5) is 1.75. The number of hydrogen-bond acceptors (Lipinski definition) is 6. The van der Waals surface area contributed by atoms with E-state index in [0.717, 1.165) is 33.9 Å². The summed E-state index contributed by atoms with van der Waals surface area (Å²) in [5.74, 6) is 0. The Morgan fingerprint density at radius 2 is 1.45 bits per heavy atom. The largest absolute Gasteiger partial charge is 0.396 e. The van der Waals surface area contributed by atoms with Gasteiger partial charge in [-0.25, -0.2) is 0 Å². The number of fused-ring (bicyclic) bond motifs is 2. The summed E-state index contributed by atoms with van der Waals surface area (Å²) in [6.45, 7) is 8.50. The molecule has 0 saturated carbocycles. The lowest BCUT2D eigenvalue weighted by Crippen LogP contribution is -2.27. The molecule has 3 N–H and O–H groups in total. The average molecular weight is 588 g/mol. The first-order chi connectivity index (χ1) is 18.5. The van der Waals surface area contributed by atoms with Crippen molar-refractivity contribution in [3.8, 4) is 0 Å². The van der Waals surface area contributed by atoms with Gasteiger partial charge in [-0.1, -0.05) is 32.1 Å². The number of hydrogen-bond donors (Lipinski definition) is 3. The second-order valence-corrected chi connectivity index (χ2v) is 13.9. The van der Waals surface area contributed by atoms with Crippen LogP contribution >= 0.6 is 0 Å². The molecule has 9 nitrogen and oxygen atoms in total. The highest BCUT2D eigenvalue weighted by Crippen LogP contribution is 2.48. The lowest BCUT2D eigenvalue weighted by Gasteiger charge is -2.26. The van der Waals surface area contributed by atoms with Crippen molar-refractivity contribution in [1.29, 1.82) is 0 Å². The topological polar surface area (TPSA) is 135 Å². The van der Waals surface area contributed by atoms with Crippen LogP contribution in [0.15, 0.2) is 82.3 Å². The van der Waals surface area contributed by atoms with Gasteiger partial charge in [-0.05, 0) is 62.2 Å². The molecule has 2 aliphatic rings. The predicted octanol–water partition coefficient (Wildman–Crippen LogP) is 4.36. The van der Waals surface area contributed by atoms with Crippen LogP contribution in [-0.2, 0) is 31.1 Å². The molecule has 40 heavy (non-hydrogen) atoms. The Hall–Kier alpha value is -3.09. The van der Waals surface area contributed by atoms with Crippen molar-refractivity contribution in [2.75, 3.05) is 25.1 Å². The van der Waals surface area contributed by atoms with E-state index in [-0.39, 0.29) is 16.4 Å². The minimum Gasteiger partial charge on any atom is -0.396 e. The van der Waals surface area contributed by atoms with Crippen molar-refractivity contribution in [1.82, 2.24) is 0 Å². The van der Waals surface area contributed by atoms with Crippen LogP contribution in [0.3, 0.4) is 0 Å². The Labute approximate surface area is 236 Å². The molecule has 4 rings (SSSR count). The van der Waals surface area contributed by atoms with Crippen LogP contribution in [0.25, 0.3) is 0 Å². The lowest BCUT2D eigenvalue weighted by molar-refractivity contribution is -0.401. The van der Waals surface area contributed by atoms with Gasteiger partial charge >= 0.3 is 0 Å². The van der Waals surface area contributed by atoms with Crippen molar-refractivity contribution < 1.29 is 35.6 Å².